The van der Waals surface area contributed by atoms with E-state index in [-0.39, 0.29) is 11.7 Å². The van der Waals surface area contributed by atoms with Gasteiger partial charge in [-0.25, -0.2) is 4.39 Å². The fourth-order valence-electron chi connectivity index (χ4n) is 1.78. The van der Waals surface area contributed by atoms with Crippen LogP contribution >= 0.6 is 15.9 Å². The minimum Gasteiger partial charge on any atom is -0.496 e. The summed E-state index contributed by atoms with van der Waals surface area (Å²) in [5.74, 6) is 0.444. The quantitative estimate of drug-likeness (QED) is 0.796. The summed E-state index contributed by atoms with van der Waals surface area (Å²) in [6, 6.07) is 2.74. The van der Waals surface area contributed by atoms with Crippen LogP contribution in [0.5, 0.6) is 5.75 Å². The summed E-state index contributed by atoms with van der Waals surface area (Å²) in [7, 11) is 1.44. The molecule has 16 heavy (non-hydrogen) atoms. The Labute approximate surface area is 102 Å². The molecule has 1 aliphatic carbocycles. The molecule has 86 valence electrons. The first-order chi connectivity index (χ1) is 7.54. The van der Waals surface area contributed by atoms with Crippen LogP contribution in [0.1, 0.15) is 23.7 Å². The lowest BCUT2D eigenvalue weighted by Crippen LogP contribution is -2.06. The number of rotatable bonds is 3. The van der Waals surface area contributed by atoms with Crippen molar-refractivity contribution in [1.82, 2.24) is 0 Å². The summed E-state index contributed by atoms with van der Waals surface area (Å²) in [6.07, 6.45) is 0.914. The topological polar surface area (TPSA) is 26.3 Å². The van der Waals surface area contributed by atoms with Gasteiger partial charge in [0, 0.05) is 12.0 Å². The second kappa shape index (κ2) is 4.17. The third-order valence-corrected chi connectivity index (χ3v) is 3.56. The molecule has 1 saturated carbocycles. The molecule has 0 spiro atoms. The minimum absolute atomic E-state index is 0.0463. The van der Waals surface area contributed by atoms with Crippen LogP contribution in [0.2, 0.25) is 0 Å². The maximum absolute atomic E-state index is 13.3. The van der Waals surface area contributed by atoms with E-state index in [0.29, 0.717) is 21.7 Å². The van der Waals surface area contributed by atoms with Crippen molar-refractivity contribution in [1.29, 1.82) is 0 Å². The zero-order chi connectivity index (χ0) is 11.9. The van der Waals surface area contributed by atoms with Gasteiger partial charge in [-0.3, -0.25) is 4.79 Å². The summed E-state index contributed by atoms with van der Waals surface area (Å²) >= 11 is 3.08. The van der Waals surface area contributed by atoms with Gasteiger partial charge in [-0.05, 0) is 34.3 Å². The molecule has 0 bridgehead atoms. The summed E-state index contributed by atoms with van der Waals surface area (Å²) in [5, 5.41) is 0. The Kier molecular flexibility index (Phi) is 3.02. The van der Waals surface area contributed by atoms with Gasteiger partial charge in [-0.2, -0.15) is 0 Å². The van der Waals surface area contributed by atoms with E-state index in [9.17, 15) is 9.18 Å². The van der Waals surface area contributed by atoms with Crippen LogP contribution < -0.4 is 4.74 Å². The second-order valence-electron chi connectivity index (χ2n) is 4.15. The molecule has 2 unspecified atom stereocenters. The number of hydrogen-bond acceptors (Lipinski definition) is 2. The van der Waals surface area contributed by atoms with E-state index in [2.05, 4.69) is 15.9 Å². The largest absolute Gasteiger partial charge is 0.496 e. The maximum Gasteiger partial charge on any atom is 0.169 e. The summed E-state index contributed by atoms with van der Waals surface area (Å²) < 4.78 is 18.6. The van der Waals surface area contributed by atoms with Crippen LogP contribution in [0.3, 0.4) is 0 Å². The van der Waals surface area contributed by atoms with Crippen LogP contribution in [-0.4, -0.2) is 12.9 Å². The van der Waals surface area contributed by atoms with Gasteiger partial charge < -0.3 is 4.74 Å². The fraction of sp³-hybridized carbons (Fsp3) is 0.417. The second-order valence-corrected chi connectivity index (χ2v) is 5.00. The standard InChI is InChI=1S/C12H12BrFO2/c1-6-3-7(6)12(15)8-4-9(13)10(14)5-11(8)16-2/h4-7H,3H2,1-2H3. The third kappa shape index (κ3) is 1.98. The molecule has 4 heteroatoms. The Morgan fingerprint density at radius 3 is 2.69 bits per heavy atom. The molecular weight excluding hydrogens is 275 g/mol. The third-order valence-electron chi connectivity index (χ3n) is 2.95. The first-order valence-electron chi connectivity index (χ1n) is 5.12. The van der Waals surface area contributed by atoms with Crippen molar-refractivity contribution >= 4 is 21.7 Å². The number of hydrogen-bond donors (Lipinski definition) is 0. The number of ketones is 1. The lowest BCUT2D eigenvalue weighted by molar-refractivity contribution is 0.0959. The van der Waals surface area contributed by atoms with E-state index in [1.165, 1.54) is 19.2 Å². The molecular formula is C12H12BrFO2. The Balaban J connectivity index is 2.39. The Morgan fingerprint density at radius 2 is 2.19 bits per heavy atom. The highest BCUT2D eigenvalue weighted by molar-refractivity contribution is 9.10. The zero-order valence-electron chi connectivity index (χ0n) is 9.09. The lowest BCUT2D eigenvalue weighted by Gasteiger charge is -2.08. The van der Waals surface area contributed by atoms with Crippen molar-refractivity contribution in [2.24, 2.45) is 11.8 Å². The number of benzene rings is 1. The van der Waals surface area contributed by atoms with Crippen LogP contribution in [0, 0.1) is 17.7 Å². The van der Waals surface area contributed by atoms with E-state index >= 15 is 0 Å². The SMILES string of the molecule is COc1cc(F)c(Br)cc1C(=O)C1CC1C. The van der Waals surface area contributed by atoms with Crippen LogP contribution in [0.4, 0.5) is 4.39 Å². The molecule has 1 aliphatic rings. The van der Waals surface area contributed by atoms with Crippen LogP contribution in [-0.2, 0) is 0 Å². The van der Waals surface area contributed by atoms with Crippen molar-refractivity contribution in [2.45, 2.75) is 13.3 Å². The smallest absolute Gasteiger partial charge is 0.169 e. The zero-order valence-corrected chi connectivity index (χ0v) is 10.7. The number of carbonyl (C=O) groups excluding carboxylic acids is 1. The van der Waals surface area contributed by atoms with E-state index in [0.717, 1.165) is 6.42 Å². The molecule has 2 rings (SSSR count). The highest BCUT2D eigenvalue weighted by Crippen LogP contribution is 2.42. The van der Waals surface area contributed by atoms with Crippen molar-refractivity contribution < 1.29 is 13.9 Å². The van der Waals surface area contributed by atoms with Crippen molar-refractivity contribution in [3.8, 4) is 5.75 Å². The van der Waals surface area contributed by atoms with Gasteiger partial charge in [0.2, 0.25) is 0 Å². The molecule has 1 fully saturated rings. The molecule has 2 atom stereocenters. The van der Waals surface area contributed by atoms with E-state index < -0.39 is 5.82 Å². The first-order valence-corrected chi connectivity index (χ1v) is 5.91. The predicted octanol–water partition coefficient (Wildman–Crippen LogP) is 3.44. The molecule has 2 nitrogen and oxygen atoms in total. The average molecular weight is 287 g/mol. The van der Waals surface area contributed by atoms with Crippen molar-refractivity contribution in [3.63, 3.8) is 0 Å². The van der Waals surface area contributed by atoms with Gasteiger partial charge in [0.1, 0.15) is 11.6 Å². The molecule has 0 aliphatic heterocycles. The Morgan fingerprint density at radius 1 is 1.56 bits per heavy atom. The van der Waals surface area contributed by atoms with Crippen LogP contribution in [0.15, 0.2) is 16.6 Å². The molecule has 1 aromatic rings. The van der Waals surface area contributed by atoms with Gasteiger partial charge in [-0.1, -0.05) is 6.92 Å². The highest BCUT2D eigenvalue weighted by atomic mass is 79.9. The monoisotopic (exact) mass is 286 g/mol. The minimum atomic E-state index is -0.419. The van der Waals surface area contributed by atoms with Gasteiger partial charge in [-0.15, -0.1) is 0 Å². The van der Waals surface area contributed by atoms with Gasteiger partial charge in [0.05, 0.1) is 17.1 Å². The number of ether oxygens (including phenoxy) is 1. The summed E-state index contributed by atoms with van der Waals surface area (Å²) in [6.45, 7) is 2.04. The molecule has 0 amide bonds. The number of methoxy groups -OCH3 is 1. The average Bonchev–Trinajstić information content (AvgIpc) is 2.98. The normalized spacial score (nSPS) is 23.0. The number of halogens is 2. The van der Waals surface area contributed by atoms with E-state index in [1.54, 1.807) is 0 Å². The van der Waals surface area contributed by atoms with E-state index in [4.69, 9.17) is 4.74 Å². The molecule has 0 saturated heterocycles. The lowest BCUT2D eigenvalue weighted by atomic mass is 10.0. The maximum atomic E-state index is 13.3. The number of Topliss-reactive ketones (excluding diaryl/α,β-unsaturated/α-hetero) is 1. The molecule has 0 aromatic heterocycles. The van der Waals surface area contributed by atoms with Gasteiger partial charge in [0.25, 0.3) is 0 Å². The molecule has 0 heterocycles. The highest BCUT2D eigenvalue weighted by Gasteiger charge is 2.40. The van der Waals surface area contributed by atoms with Crippen molar-refractivity contribution in [2.75, 3.05) is 7.11 Å². The predicted molar refractivity (Wildman–Crippen MR) is 62.3 cm³/mol. The molecule has 0 radical (unpaired) electrons. The first kappa shape index (κ1) is 11.6. The van der Waals surface area contributed by atoms with Gasteiger partial charge >= 0.3 is 0 Å². The Hall–Kier alpha value is -0.900. The van der Waals surface area contributed by atoms with Crippen molar-refractivity contribution in [3.05, 3.63) is 28.0 Å². The summed E-state index contributed by atoms with van der Waals surface area (Å²) in [5.41, 5.74) is 0.463. The number of carbonyl (C=O) groups is 1. The van der Waals surface area contributed by atoms with E-state index in [1.807, 2.05) is 6.92 Å². The van der Waals surface area contributed by atoms with Gasteiger partial charge in [0.15, 0.2) is 5.78 Å². The van der Waals surface area contributed by atoms with Crippen LogP contribution in [0.25, 0.3) is 0 Å². The Bertz CT molecular complexity index is 445. The molecule has 1 aromatic carbocycles. The summed E-state index contributed by atoms with van der Waals surface area (Å²) in [4.78, 5) is 12.0. The molecule has 0 N–H and O–H groups in total. The fourth-order valence-corrected chi connectivity index (χ4v) is 2.12.